The SMILES string of the molecule is CC(C(=O)NCCNc1ncnc2ccc([N+](=O)[O-])cc12)C1CC1. The smallest absolute Gasteiger partial charge is 0.270 e. The average Bonchev–Trinajstić information content (AvgIpc) is 3.42. The van der Waals surface area contributed by atoms with E-state index in [1.54, 1.807) is 6.07 Å². The molecule has 1 aromatic carbocycles. The van der Waals surface area contributed by atoms with Gasteiger partial charge in [-0.2, -0.15) is 0 Å². The van der Waals surface area contributed by atoms with Crippen LogP contribution in [0.2, 0.25) is 0 Å². The largest absolute Gasteiger partial charge is 0.368 e. The average molecular weight is 329 g/mol. The first-order valence-corrected chi connectivity index (χ1v) is 7.97. The lowest BCUT2D eigenvalue weighted by Gasteiger charge is -2.12. The van der Waals surface area contributed by atoms with Gasteiger partial charge in [0.15, 0.2) is 0 Å². The predicted octanol–water partition coefficient (Wildman–Crippen LogP) is 2.11. The highest BCUT2D eigenvalue weighted by atomic mass is 16.6. The molecule has 1 fully saturated rings. The number of aromatic nitrogens is 2. The van der Waals surface area contributed by atoms with Gasteiger partial charge < -0.3 is 10.6 Å². The van der Waals surface area contributed by atoms with E-state index in [1.165, 1.54) is 18.5 Å². The van der Waals surface area contributed by atoms with Crippen LogP contribution in [0.5, 0.6) is 0 Å². The molecule has 2 N–H and O–H groups in total. The summed E-state index contributed by atoms with van der Waals surface area (Å²) in [5.41, 5.74) is 0.622. The normalized spacial score (nSPS) is 15.0. The Morgan fingerprint density at radius 3 is 2.88 bits per heavy atom. The van der Waals surface area contributed by atoms with E-state index in [0.717, 1.165) is 12.8 Å². The Morgan fingerprint density at radius 2 is 2.17 bits per heavy atom. The summed E-state index contributed by atoms with van der Waals surface area (Å²) in [6, 6.07) is 4.46. The molecule has 1 aliphatic rings. The zero-order chi connectivity index (χ0) is 17.1. The molecule has 1 saturated carbocycles. The lowest BCUT2D eigenvalue weighted by atomic mass is 10.1. The highest BCUT2D eigenvalue weighted by Crippen LogP contribution is 2.36. The molecule has 8 heteroatoms. The lowest BCUT2D eigenvalue weighted by Crippen LogP contribution is -2.33. The minimum Gasteiger partial charge on any atom is -0.368 e. The quantitative estimate of drug-likeness (QED) is 0.457. The molecular weight excluding hydrogens is 310 g/mol. The molecule has 0 radical (unpaired) electrons. The Labute approximate surface area is 138 Å². The summed E-state index contributed by atoms with van der Waals surface area (Å²) in [6.07, 6.45) is 3.68. The van der Waals surface area contributed by atoms with Crippen LogP contribution in [0.1, 0.15) is 19.8 Å². The highest BCUT2D eigenvalue weighted by Gasteiger charge is 2.32. The van der Waals surface area contributed by atoms with Crippen LogP contribution in [-0.2, 0) is 4.79 Å². The van der Waals surface area contributed by atoms with Gasteiger partial charge in [0.1, 0.15) is 12.1 Å². The first kappa shape index (κ1) is 16.1. The van der Waals surface area contributed by atoms with Gasteiger partial charge in [0.05, 0.1) is 10.4 Å². The Morgan fingerprint density at radius 1 is 1.38 bits per heavy atom. The van der Waals surface area contributed by atoms with Crippen molar-refractivity contribution < 1.29 is 9.72 Å². The van der Waals surface area contributed by atoms with Crippen LogP contribution in [0, 0.1) is 22.0 Å². The van der Waals surface area contributed by atoms with Crippen molar-refractivity contribution in [3.8, 4) is 0 Å². The van der Waals surface area contributed by atoms with Crippen molar-refractivity contribution in [3.63, 3.8) is 0 Å². The number of nitrogens with zero attached hydrogens (tertiary/aromatic N) is 3. The topological polar surface area (TPSA) is 110 Å². The third kappa shape index (κ3) is 3.58. The third-order valence-corrected chi connectivity index (χ3v) is 4.29. The molecule has 1 amide bonds. The molecule has 1 atom stereocenters. The Kier molecular flexibility index (Phi) is 4.54. The van der Waals surface area contributed by atoms with Crippen LogP contribution >= 0.6 is 0 Å². The fraction of sp³-hybridized carbons (Fsp3) is 0.438. The van der Waals surface area contributed by atoms with Gasteiger partial charge in [-0.25, -0.2) is 9.97 Å². The fourth-order valence-electron chi connectivity index (χ4n) is 2.64. The number of benzene rings is 1. The number of carbonyl (C=O) groups is 1. The predicted molar refractivity (Wildman–Crippen MR) is 89.6 cm³/mol. The number of amides is 1. The molecule has 1 unspecified atom stereocenters. The number of nitro groups is 1. The van der Waals surface area contributed by atoms with Gasteiger partial charge in [-0.3, -0.25) is 14.9 Å². The number of hydrogen-bond acceptors (Lipinski definition) is 6. The van der Waals surface area contributed by atoms with Gasteiger partial charge in [0, 0.05) is 36.5 Å². The molecule has 1 aromatic heterocycles. The molecule has 1 heterocycles. The number of anilines is 1. The van der Waals surface area contributed by atoms with Crippen molar-refractivity contribution in [2.45, 2.75) is 19.8 Å². The van der Waals surface area contributed by atoms with E-state index in [0.29, 0.717) is 35.7 Å². The second-order valence-corrected chi connectivity index (χ2v) is 6.02. The maximum Gasteiger partial charge on any atom is 0.270 e. The molecule has 0 aliphatic heterocycles. The van der Waals surface area contributed by atoms with Gasteiger partial charge in [-0.05, 0) is 24.8 Å². The van der Waals surface area contributed by atoms with E-state index < -0.39 is 4.92 Å². The van der Waals surface area contributed by atoms with E-state index in [-0.39, 0.29) is 17.5 Å². The third-order valence-electron chi connectivity index (χ3n) is 4.29. The lowest BCUT2D eigenvalue weighted by molar-refractivity contribution is -0.384. The second-order valence-electron chi connectivity index (χ2n) is 6.02. The number of nitrogens with one attached hydrogen (secondary N) is 2. The molecule has 0 spiro atoms. The number of non-ortho nitro benzene ring substituents is 1. The maximum atomic E-state index is 11.9. The summed E-state index contributed by atoms with van der Waals surface area (Å²) >= 11 is 0. The maximum absolute atomic E-state index is 11.9. The molecule has 126 valence electrons. The Balaban J connectivity index is 1.61. The van der Waals surface area contributed by atoms with E-state index in [9.17, 15) is 14.9 Å². The molecule has 0 bridgehead atoms. The molecular formula is C16H19N5O3. The van der Waals surface area contributed by atoms with Crippen molar-refractivity contribution in [3.05, 3.63) is 34.6 Å². The second kappa shape index (κ2) is 6.77. The zero-order valence-electron chi connectivity index (χ0n) is 13.4. The number of nitro benzene ring substituents is 1. The Hall–Kier alpha value is -2.77. The molecule has 1 aliphatic carbocycles. The summed E-state index contributed by atoms with van der Waals surface area (Å²) in [4.78, 5) is 30.6. The first-order valence-electron chi connectivity index (χ1n) is 7.97. The van der Waals surface area contributed by atoms with Crippen LogP contribution in [0.25, 0.3) is 10.9 Å². The first-order chi connectivity index (χ1) is 11.6. The van der Waals surface area contributed by atoms with Gasteiger partial charge in [-0.1, -0.05) is 6.92 Å². The number of fused-ring (bicyclic) bond motifs is 1. The molecule has 3 rings (SSSR count). The van der Waals surface area contributed by atoms with Crippen molar-refractivity contribution in [1.82, 2.24) is 15.3 Å². The van der Waals surface area contributed by atoms with Crippen LogP contribution < -0.4 is 10.6 Å². The monoisotopic (exact) mass is 329 g/mol. The van der Waals surface area contributed by atoms with E-state index in [4.69, 9.17) is 0 Å². The molecule has 24 heavy (non-hydrogen) atoms. The van der Waals surface area contributed by atoms with E-state index in [2.05, 4.69) is 20.6 Å². The summed E-state index contributed by atoms with van der Waals surface area (Å²) in [6.45, 7) is 2.91. The fourth-order valence-corrected chi connectivity index (χ4v) is 2.64. The van der Waals surface area contributed by atoms with Gasteiger partial charge >= 0.3 is 0 Å². The van der Waals surface area contributed by atoms with Crippen LogP contribution in [-0.4, -0.2) is 33.9 Å². The van der Waals surface area contributed by atoms with E-state index >= 15 is 0 Å². The van der Waals surface area contributed by atoms with Gasteiger partial charge in [0.25, 0.3) is 5.69 Å². The van der Waals surface area contributed by atoms with Crippen molar-refractivity contribution >= 4 is 28.3 Å². The zero-order valence-corrected chi connectivity index (χ0v) is 13.4. The molecule has 2 aromatic rings. The minimum absolute atomic E-state index is 0.00749. The summed E-state index contributed by atoms with van der Waals surface area (Å²) < 4.78 is 0. The summed E-state index contributed by atoms with van der Waals surface area (Å²) in [5, 5.41) is 17.5. The molecule has 8 nitrogen and oxygen atoms in total. The number of hydrogen-bond donors (Lipinski definition) is 2. The van der Waals surface area contributed by atoms with Crippen LogP contribution in [0.4, 0.5) is 11.5 Å². The standard InChI is InChI=1S/C16H19N5O3/c1-10(11-2-3-11)16(22)18-7-6-17-15-13-8-12(21(23)24)4-5-14(13)19-9-20-15/h4-5,8-11H,2-3,6-7H2,1H3,(H,18,22)(H,17,19,20). The molecule has 0 saturated heterocycles. The highest BCUT2D eigenvalue weighted by molar-refractivity contribution is 5.90. The van der Waals surface area contributed by atoms with Crippen LogP contribution in [0.3, 0.4) is 0 Å². The summed E-state index contributed by atoms with van der Waals surface area (Å²) in [5.74, 6) is 1.19. The number of rotatable bonds is 7. The van der Waals surface area contributed by atoms with Crippen molar-refractivity contribution in [1.29, 1.82) is 0 Å². The van der Waals surface area contributed by atoms with Crippen molar-refractivity contribution in [2.24, 2.45) is 11.8 Å². The van der Waals surface area contributed by atoms with Gasteiger partial charge in [0.2, 0.25) is 5.91 Å². The van der Waals surface area contributed by atoms with Gasteiger partial charge in [-0.15, -0.1) is 0 Å². The van der Waals surface area contributed by atoms with Crippen LogP contribution in [0.15, 0.2) is 24.5 Å². The number of carbonyl (C=O) groups excluding carboxylic acids is 1. The summed E-state index contributed by atoms with van der Waals surface area (Å²) in [7, 11) is 0. The minimum atomic E-state index is -0.449. The van der Waals surface area contributed by atoms with E-state index in [1.807, 2.05) is 6.92 Å². The Bertz CT molecular complexity index is 775. The van der Waals surface area contributed by atoms with Crippen molar-refractivity contribution in [2.75, 3.05) is 18.4 Å².